The molecule has 1 fully saturated rings. The summed E-state index contributed by atoms with van der Waals surface area (Å²) >= 11 is 0. The first kappa shape index (κ1) is 24.4. The van der Waals surface area contributed by atoms with Gasteiger partial charge in [0.1, 0.15) is 0 Å². The zero-order valence-electron chi connectivity index (χ0n) is 16.6. The molecule has 0 aromatic heterocycles. The highest BCUT2D eigenvalue weighted by Gasteiger charge is 2.20. The number of nitrogens with one attached hydrogen (secondary N) is 1. The minimum atomic E-state index is 0. The van der Waals surface area contributed by atoms with Crippen molar-refractivity contribution in [1.29, 1.82) is 0 Å². The van der Waals surface area contributed by atoms with Gasteiger partial charge in [0.05, 0.1) is 0 Å². The molecule has 1 heterocycles. The second kappa shape index (κ2) is 14.6. The van der Waals surface area contributed by atoms with E-state index in [1.54, 1.807) is 6.92 Å². The smallest absolute Gasteiger partial charge is 0.219 e. The van der Waals surface area contributed by atoms with Crippen molar-refractivity contribution in [1.82, 2.24) is 20.0 Å². The molecule has 148 valence electrons. The third-order valence-corrected chi connectivity index (χ3v) is 4.38. The summed E-state index contributed by atoms with van der Waals surface area (Å²) < 4.78 is 0. The Morgan fingerprint density at radius 1 is 1.00 bits per heavy atom. The van der Waals surface area contributed by atoms with Crippen LogP contribution in [0.25, 0.3) is 0 Å². The van der Waals surface area contributed by atoms with Crippen LogP contribution in [0.15, 0.2) is 4.99 Å². The lowest BCUT2D eigenvalue weighted by molar-refractivity contribution is -0.130. The van der Waals surface area contributed by atoms with E-state index < -0.39 is 0 Å². The van der Waals surface area contributed by atoms with E-state index in [2.05, 4.69) is 36.1 Å². The fourth-order valence-electron chi connectivity index (χ4n) is 2.91. The van der Waals surface area contributed by atoms with Gasteiger partial charge >= 0.3 is 0 Å². The molecule has 6 nitrogen and oxygen atoms in total. The van der Waals surface area contributed by atoms with Crippen molar-refractivity contribution in [3.05, 3.63) is 0 Å². The normalized spacial score (nSPS) is 15.3. The van der Waals surface area contributed by atoms with E-state index in [0.717, 1.165) is 51.6 Å². The van der Waals surface area contributed by atoms with Crippen molar-refractivity contribution >= 4 is 35.8 Å². The van der Waals surface area contributed by atoms with Gasteiger partial charge in [0.15, 0.2) is 5.96 Å². The predicted molar refractivity (Wildman–Crippen MR) is 117 cm³/mol. The van der Waals surface area contributed by atoms with E-state index in [4.69, 9.17) is 4.99 Å². The molecule has 0 spiro atoms. The third-order valence-electron chi connectivity index (χ3n) is 4.38. The van der Waals surface area contributed by atoms with E-state index in [-0.39, 0.29) is 29.9 Å². The molecule has 25 heavy (non-hydrogen) atoms. The van der Waals surface area contributed by atoms with E-state index in [9.17, 15) is 4.79 Å². The average Bonchev–Trinajstić information content (AvgIpc) is 2.56. The SMILES string of the molecule is CCNC(=NCCCCCCCN(C)C)N1CCN(C(C)=O)CC1.I. The molecule has 0 aromatic carbocycles. The van der Waals surface area contributed by atoms with Crippen molar-refractivity contribution in [2.75, 3.05) is 59.9 Å². The van der Waals surface area contributed by atoms with Gasteiger partial charge in [-0.2, -0.15) is 0 Å². The number of carbonyl (C=O) groups is 1. The van der Waals surface area contributed by atoms with Gasteiger partial charge in [0, 0.05) is 46.2 Å². The molecule has 0 radical (unpaired) electrons. The summed E-state index contributed by atoms with van der Waals surface area (Å²) in [7, 11) is 4.26. The van der Waals surface area contributed by atoms with Gasteiger partial charge in [-0.1, -0.05) is 19.3 Å². The van der Waals surface area contributed by atoms with Crippen molar-refractivity contribution in [3.8, 4) is 0 Å². The maximum absolute atomic E-state index is 11.4. The molecule has 0 unspecified atom stereocenters. The Labute approximate surface area is 171 Å². The molecule has 0 bridgehead atoms. The number of nitrogens with zero attached hydrogens (tertiary/aromatic N) is 4. The van der Waals surface area contributed by atoms with Gasteiger partial charge in [0.25, 0.3) is 0 Å². The van der Waals surface area contributed by atoms with Crippen LogP contribution in [0.1, 0.15) is 46.0 Å². The summed E-state index contributed by atoms with van der Waals surface area (Å²) in [6, 6.07) is 0. The lowest BCUT2D eigenvalue weighted by atomic mass is 10.1. The second-order valence-electron chi connectivity index (χ2n) is 6.80. The lowest BCUT2D eigenvalue weighted by Crippen LogP contribution is -2.53. The van der Waals surface area contributed by atoms with Crippen molar-refractivity contribution < 1.29 is 4.79 Å². The van der Waals surface area contributed by atoms with Gasteiger partial charge in [-0.15, -0.1) is 24.0 Å². The van der Waals surface area contributed by atoms with E-state index in [1.807, 2.05) is 4.90 Å². The molecular formula is C18H38IN5O. The fraction of sp³-hybridized carbons (Fsp3) is 0.889. The lowest BCUT2D eigenvalue weighted by Gasteiger charge is -2.36. The van der Waals surface area contributed by atoms with Crippen LogP contribution in [0, 0.1) is 0 Å². The first-order valence-corrected chi connectivity index (χ1v) is 9.48. The topological polar surface area (TPSA) is 51.2 Å². The van der Waals surface area contributed by atoms with Crippen LogP contribution in [0.2, 0.25) is 0 Å². The van der Waals surface area contributed by atoms with Crippen LogP contribution < -0.4 is 5.32 Å². The number of guanidine groups is 1. The van der Waals surface area contributed by atoms with Gasteiger partial charge in [-0.25, -0.2) is 0 Å². The number of unbranched alkanes of at least 4 members (excludes halogenated alkanes) is 4. The summed E-state index contributed by atoms with van der Waals surface area (Å²) in [5, 5.41) is 3.39. The highest BCUT2D eigenvalue weighted by molar-refractivity contribution is 14.0. The number of amides is 1. The zero-order chi connectivity index (χ0) is 17.8. The van der Waals surface area contributed by atoms with Crippen LogP contribution in [-0.4, -0.2) is 86.5 Å². The first-order chi connectivity index (χ1) is 11.5. The number of hydrogen-bond acceptors (Lipinski definition) is 3. The Hall–Kier alpha value is -0.570. The molecule has 0 atom stereocenters. The van der Waals surface area contributed by atoms with Gasteiger partial charge in [-0.05, 0) is 40.4 Å². The molecule has 1 aliphatic heterocycles. The number of piperazine rings is 1. The van der Waals surface area contributed by atoms with Gasteiger partial charge < -0.3 is 20.0 Å². The van der Waals surface area contributed by atoms with Gasteiger partial charge in [0.2, 0.25) is 5.91 Å². The molecule has 7 heteroatoms. The Morgan fingerprint density at radius 2 is 1.56 bits per heavy atom. The van der Waals surface area contributed by atoms with E-state index >= 15 is 0 Å². The van der Waals surface area contributed by atoms with Crippen LogP contribution in [-0.2, 0) is 4.79 Å². The molecule has 1 rings (SSSR count). The van der Waals surface area contributed by atoms with Gasteiger partial charge in [-0.3, -0.25) is 9.79 Å². The maximum Gasteiger partial charge on any atom is 0.219 e. The Balaban J connectivity index is 0.00000576. The number of carbonyl (C=O) groups excluding carboxylic acids is 1. The summed E-state index contributed by atoms with van der Waals surface area (Å²) in [4.78, 5) is 22.6. The van der Waals surface area contributed by atoms with Crippen LogP contribution in [0.5, 0.6) is 0 Å². The summed E-state index contributed by atoms with van der Waals surface area (Å²) in [6.07, 6.45) is 6.32. The standard InChI is InChI=1S/C18H37N5O.HI/c1-5-19-18(23-15-13-22(14-16-23)17(2)24)20-11-9-7-6-8-10-12-21(3)4;/h5-16H2,1-4H3,(H,19,20);1H. The van der Waals surface area contributed by atoms with Crippen LogP contribution >= 0.6 is 24.0 Å². The third kappa shape index (κ3) is 10.9. The molecule has 1 N–H and O–H groups in total. The molecule has 0 aromatic rings. The highest BCUT2D eigenvalue weighted by atomic mass is 127. The quantitative estimate of drug-likeness (QED) is 0.245. The summed E-state index contributed by atoms with van der Waals surface area (Å²) in [5.74, 6) is 1.18. The summed E-state index contributed by atoms with van der Waals surface area (Å²) in [6.45, 7) is 10.1. The minimum Gasteiger partial charge on any atom is -0.357 e. The van der Waals surface area contributed by atoms with Crippen molar-refractivity contribution in [2.45, 2.75) is 46.0 Å². The van der Waals surface area contributed by atoms with Crippen LogP contribution in [0.4, 0.5) is 0 Å². The first-order valence-electron chi connectivity index (χ1n) is 9.48. The number of rotatable bonds is 9. The fourth-order valence-corrected chi connectivity index (χ4v) is 2.91. The molecule has 1 amide bonds. The molecule has 0 saturated carbocycles. The molecular weight excluding hydrogens is 429 g/mol. The minimum absolute atomic E-state index is 0. The Morgan fingerprint density at radius 3 is 2.12 bits per heavy atom. The van der Waals surface area contributed by atoms with Crippen molar-refractivity contribution in [2.24, 2.45) is 4.99 Å². The molecule has 1 aliphatic rings. The van der Waals surface area contributed by atoms with E-state index in [1.165, 1.54) is 32.2 Å². The summed E-state index contributed by atoms with van der Waals surface area (Å²) in [5.41, 5.74) is 0. The highest BCUT2D eigenvalue weighted by Crippen LogP contribution is 2.05. The van der Waals surface area contributed by atoms with Crippen molar-refractivity contribution in [3.63, 3.8) is 0 Å². The Kier molecular flexibility index (Phi) is 14.3. The number of halogens is 1. The molecule has 0 aliphatic carbocycles. The predicted octanol–water partition coefficient (Wildman–Crippen LogP) is 2.25. The maximum atomic E-state index is 11.4. The van der Waals surface area contributed by atoms with Crippen LogP contribution in [0.3, 0.4) is 0 Å². The largest absolute Gasteiger partial charge is 0.357 e. The van der Waals surface area contributed by atoms with E-state index in [0.29, 0.717) is 0 Å². The average molecular weight is 467 g/mol. The number of aliphatic imine (C=N–C) groups is 1. The number of hydrogen-bond donors (Lipinski definition) is 1. The second-order valence-corrected chi connectivity index (χ2v) is 6.80. The molecule has 1 saturated heterocycles. The zero-order valence-corrected chi connectivity index (χ0v) is 18.9. The Bertz CT molecular complexity index is 382. The monoisotopic (exact) mass is 467 g/mol.